The normalized spacial score (nSPS) is 11.2. The summed E-state index contributed by atoms with van der Waals surface area (Å²) in [5.41, 5.74) is 2.70. The number of anilines is 1. The van der Waals surface area contributed by atoms with Gasteiger partial charge in [-0.2, -0.15) is 5.26 Å². The zero-order chi connectivity index (χ0) is 24.9. The Hall–Kier alpha value is -3.26. The van der Waals surface area contributed by atoms with E-state index >= 15 is 0 Å². The monoisotopic (exact) mass is 619 g/mol. The number of amides is 1. The first-order chi connectivity index (χ1) is 16.9. The number of nitriles is 1. The molecule has 0 fully saturated rings. The number of benzene rings is 3. The van der Waals surface area contributed by atoms with Crippen LogP contribution in [0.1, 0.15) is 11.5 Å². The number of fused-ring (bicyclic) bond motifs is 1. The molecule has 1 heterocycles. The Bertz CT molecular complexity index is 1460. The molecule has 0 aliphatic carbocycles. The van der Waals surface area contributed by atoms with Gasteiger partial charge in [0.1, 0.15) is 17.2 Å². The number of nitrogens with zero attached hydrogens (tertiary/aromatic N) is 2. The van der Waals surface area contributed by atoms with Crippen molar-refractivity contribution in [3.05, 3.63) is 79.7 Å². The summed E-state index contributed by atoms with van der Waals surface area (Å²) in [6.07, 6.45) is 1.65. The SMILES string of the molecule is COc1cc(/C=C(\C#N)c2nc3ccccc3o2)cc(I)c1OCC(=O)Nc1ccc(Cl)c(Cl)c1. The van der Waals surface area contributed by atoms with Crippen LogP contribution < -0.4 is 14.8 Å². The fourth-order valence-corrected chi connectivity index (χ4v) is 4.25. The fraction of sp³-hybridized carbons (Fsp3) is 0.0800. The Labute approximate surface area is 224 Å². The Morgan fingerprint density at radius 1 is 1.20 bits per heavy atom. The molecule has 3 aromatic carbocycles. The topological polar surface area (TPSA) is 97.4 Å². The Morgan fingerprint density at radius 3 is 2.71 bits per heavy atom. The number of allylic oxidation sites excluding steroid dienone is 1. The molecule has 1 amide bonds. The number of carbonyl (C=O) groups is 1. The molecule has 0 aliphatic rings. The maximum absolute atomic E-state index is 12.4. The second kappa shape index (κ2) is 11.0. The van der Waals surface area contributed by atoms with Gasteiger partial charge in [0.15, 0.2) is 23.7 Å². The summed E-state index contributed by atoms with van der Waals surface area (Å²) in [5.74, 6) is 0.644. The smallest absolute Gasteiger partial charge is 0.262 e. The predicted octanol–water partition coefficient (Wildman–Crippen LogP) is 6.83. The highest BCUT2D eigenvalue weighted by Crippen LogP contribution is 2.35. The minimum atomic E-state index is -0.382. The van der Waals surface area contributed by atoms with E-state index in [1.165, 1.54) is 7.11 Å². The average molecular weight is 620 g/mol. The molecule has 176 valence electrons. The molecule has 0 saturated heterocycles. The van der Waals surface area contributed by atoms with E-state index in [0.29, 0.717) is 47.5 Å². The highest BCUT2D eigenvalue weighted by molar-refractivity contribution is 14.1. The first-order valence-corrected chi connectivity index (χ1v) is 11.9. The quantitative estimate of drug-likeness (QED) is 0.180. The summed E-state index contributed by atoms with van der Waals surface area (Å²) >= 11 is 14.0. The van der Waals surface area contributed by atoms with Crippen LogP contribution in [0.15, 0.2) is 59.0 Å². The lowest BCUT2D eigenvalue weighted by molar-refractivity contribution is -0.118. The number of nitrogens with one attached hydrogen (secondary N) is 1. The van der Waals surface area contributed by atoms with Crippen LogP contribution in [-0.4, -0.2) is 24.6 Å². The molecular formula is C25H16Cl2IN3O4. The van der Waals surface area contributed by atoms with Crippen LogP contribution in [0.5, 0.6) is 11.5 Å². The van der Waals surface area contributed by atoms with Gasteiger partial charge in [0, 0.05) is 5.69 Å². The zero-order valence-electron chi connectivity index (χ0n) is 18.1. The lowest BCUT2D eigenvalue weighted by atomic mass is 10.1. The van der Waals surface area contributed by atoms with E-state index in [4.69, 9.17) is 37.1 Å². The van der Waals surface area contributed by atoms with Crippen molar-refractivity contribution >= 4 is 80.1 Å². The van der Waals surface area contributed by atoms with E-state index in [9.17, 15) is 10.1 Å². The largest absolute Gasteiger partial charge is 0.493 e. The fourth-order valence-electron chi connectivity index (χ4n) is 3.17. The third-order valence-corrected chi connectivity index (χ3v) is 6.30. The average Bonchev–Trinajstić information content (AvgIpc) is 3.28. The van der Waals surface area contributed by atoms with Crippen molar-refractivity contribution < 1.29 is 18.7 Å². The van der Waals surface area contributed by atoms with Crippen LogP contribution in [0.4, 0.5) is 5.69 Å². The Balaban J connectivity index is 1.52. The summed E-state index contributed by atoms with van der Waals surface area (Å²) < 4.78 is 17.6. The van der Waals surface area contributed by atoms with Crippen molar-refractivity contribution in [2.45, 2.75) is 0 Å². The number of halogens is 3. The van der Waals surface area contributed by atoms with Crippen molar-refractivity contribution in [1.29, 1.82) is 5.26 Å². The molecule has 0 aliphatic heterocycles. The van der Waals surface area contributed by atoms with Crippen LogP contribution in [0.2, 0.25) is 10.0 Å². The predicted molar refractivity (Wildman–Crippen MR) is 144 cm³/mol. The molecule has 35 heavy (non-hydrogen) atoms. The molecule has 0 radical (unpaired) electrons. The van der Waals surface area contributed by atoms with Gasteiger partial charge in [-0.15, -0.1) is 0 Å². The number of para-hydroxylation sites is 2. The number of rotatable bonds is 7. The molecule has 7 nitrogen and oxygen atoms in total. The van der Waals surface area contributed by atoms with E-state index in [1.54, 1.807) is 42.5 Å². The number of hydrogen-bond acceptors (Lipinski definition) is 6. The van der Waals surface area contributed by atoms with Gasteiger partial charge in [0.25, 0.3) is 5.91 Å². The maximum Gasteiger partial charge on any atom is 0.262 e. The van der Waals surface area contributed by atoms with Crippen molar-refractivity contribution in [3.63, 3.8) is 0 Å². The minimum Gasteiger partial charge on any atom is -0.493 e. The highest BCUT2D eigenvalue weighted by Gasteiger charge is 2.16. The summed E-state index contributed by atoms with van der Waals surface area (Å²) in [6, 6.07) is 17.7. The van der Waals surface area contributed by atoms with E-state index in [0.717, 1.165) is 0 Å². The van der Waals surface area contributed by atoms with Gasteiger partial charge < -0.3 is 19.2 Å². The van der Waals surface area contributed by atoms with Crippen molar-refractivity contribution in [3.8, 4) is 17.6 Å². The van der Waals surface area contributed by atoms with Crippen LogP contribution in [0, 0.1) is 14.9 Å². The van der Waals surface area contributed by atoms with Gasteiger partial charge >= 0.3 is 0 Å². The Morgan fingerprint density at radius 2 is 2.00 bits per heavy atom. The highest BCUT2D eigenvalue weighted by atomic mass is 127. The van der Waals surface area contributed by atoms with Crippen molar-refractivity contribution in [2.24, 2.45) is 0 Å². The van der Waals surface area contributed by atoms with Gasteiger partial charge in [-0.25, -0.2) is 4.98 Å². The number of hydrogen-bond donors (Lipinski definition) is 1. The lowest BCUT2D eigenvalue weighted by Crippen LogP contribution is -2.20. The maximum atomic E-state index is 12.4. The first kappa shape index (κ1) is 24.9. The number of oxazole rings is 1. The molecule has 4 aromatic rings. The summed E-state index contributed by atoms with van der Waals surface area (Å²) in [5, 5.41) is 13.1. The second-order valence-corrected chi connectivity index (χ2v) is 9.13. The molecule has 1 N–H and O–H groups in total. The molecular weight excluding hydrogens is 604 g/mol. The molecule has 0 bridgehead atoms. The molecule has 0 spiro atoms. The van der Waals surface area contributed by atoms with Gasteiger partial charge in [-0.1, -0.05) is 35.3 Å². The number of methoxy groups -OCH3 is 1. The third-order valence-electron chi connectivity index (χ3n) is 4.76. The molecule has 0 saturated carbocycles. The van der Waals surface area contributed by atoms with E-state index in [-0.39, 0.29) is 24.0 Å². The lowest BCUT2D eigenvalue weighted by Gasteiger charge is -2.14. The summed E-state index contributed by atoms with van der Waals surface area (Å²) in [4.78, 5) is 16.7. The second-order valence-electron chi connectivity index (χ2n) is 7.16. The standard InChI is InChI=1S/C25H16Cl2IN3O4/c1-33-22-10-14(8-15(12-29)25-31-20-4-2-3-5-21(20)35-25)9-19(28)24(22)34-13-23(32)30-16-6-7-17(26)18(27)11-16/h2-11H,13H2,1H3,(H,30,32)/b15-8+. The summed E-state index contributed by atoms with van der Waals surface area (Å²) in [6.45, 7) is -0.256. The van der Waals surface area contributed by atoms with Gasteiger partial charge in [0.05, 0.1) is 20.7 Å². The first-order valence-electron chi connectivity index (χ1n) is 10.1. The number of aromatic nitrogens is 1. The van der Waals surface area contributed by atoms with Crippen molar-refractivity contribution in [2.75, 3.05) is 19.0 Å². The molecule has 0 atom stereocenters. The third kappa shape index (κ3) is 5.88. The van der Waals surface area contributed by atoms with E-state index in [2.05, 4.69) is 39.0 Å². The Kier molecular flexibility index (Phi) is 7.80. The molecule has 10 heteroatoms. The van der Waals surface area contributed by atoms with Gasteiger partial charge in [0.2, 0.25) is 5.89 Å². The molecule has 1 aromatic heterocycles. The van der Waals surface area contributed by atoms with Crippen LogP contribution in [0.3, 0.4) is 0 Å². The van der Waals surface area contributed by atoms with E-state index < -0.39 is 0 Å². The minimum absolute atomic E-state index is 0.224. The zero-order valence-corrected chi connectivity index (χ0v) is 21.8. The van der Waals surface area contributed by atoms with Gasteiger partial charge in [-0.05, 0) is 76.7 Å². The molecule has 4 rings (SSSR count). The van der Waals surface area contributed by atoms with Crippen LogP contribution in [0.25, 0.3) is 22.7 Å². The molecule has 0 unspecified atom stereocenters. The number of carbonyl (C=O) groups excluding carboxylic acids is 1. The van der Waals surface area contributed by atoms with E-state index in [1.807, 2.05) is 18.2 Å². The van der Waals surface area contributed by atoms with Crippen molar-refractivity contribution in [1.82, 2.24) is 4.98 Å². The summed E-state index contributed by atoms with van der Waals surface area (Å²) in [7, 11) is 1.49. The number of ether oxygens (including phenoxy) is 2. The van der Waals surface area contributed by atoms with Crippen LogP contribution in [-0.2, 0) is 4.79 Å². The van der Waals surface area contributed by atoms with Gasteiger partial charge in [-0.3, -0.25) is 4.79 Å². The van der Waals surface area contributed by atoms with Crippen LogP contribution >= 0.6 is 45.8 Å².